The molecule has 1 aromatic heterocycles. The zero-order valence-electron chi connectivity index (χ0n) is 14.4. The van der Waals surface area contributed by atoms with E-state index < -0.39 is 43.1 Å². The molecule has 0 spiro atoms. The molecule has 2 amide bonds. The van der Waals surface area contributed by atoms with Gasteiger partial charge in [0.15, 0.2) is 0 Å². The standard InChI is InChI=1S/C18H16F3N3O4/c19-18(20,21)14-10-24(9-13(14)16(25)26)17(27)23-11-6-7-22-15(8-11)28-12-4-2-1-3-5-12/h1-8,13-14H,9-10H2,(H,25,26)(H,22,23,27)/t13-,14-/m1/s1. The first-order chi connectivity index (χ1) is 13.2. The van der Waals surface area contributed by atoms with Gasteiger partial charge in [-0.25, -0.2) is 9.78 Å². The monoisotopic (exact) mass is 395 g/mol. The second-order valence-corrected chi connectivity index (χ2v) is 6.23. The molecule has 0 unspecified atom stereocenters. The molecule has 1 aliphatic rings. The summed E-state index contributed by atoms with van der Waals surface area (Å²) in [5, 5.41) is 11.5. The number of hydrogen-bond acceptors (Lipinski definition) is 4. The predicted molar refractivity (Wildman–Crippen MR) is 92.0 cm³/mol. The average Bonchev–Trinajstić information content (AvgIpc) is 3.09. The summed E-state index contributed by atoms with van der Waals surface area (Å²) in [5.74, 6) is -4.68. The Balaban J connectivity index is 1.68. The van der Waals surface area contributed by atoms with E-state index in [1.165, 1.54) is 18.3 Å². The van der Waals surface area contributed by atoms with Crippen LogP contribution in [0.4, 0.5) is 23.7 Å². The number of likely N-dealkylation sites (tertiary alicyclic amines) is 1. The molecule has 2 heterocycles. The lowest BCUT2D eigenvalue weighted by Crippen LogP contribution is -2.35. The molecule has 2 atom stereocenters. The third-order valence-electron chi connectivity index (χ3n) is 4.30. The van der Waals surface area contributed by atoms with Crippen LogP contribution in [0.1, 0.15) is 0 Å². The van der Waals surface area contributed by atoms with Crippen LogP contribution in [0.5, 0.6) is 11.6 Å². The first-order valence-electron chi connectivity index (χ1n) is 8.28. The molecule has 1 aliphatic heterocycles. The minimum Gasteiger partial charge on any atom is -0.481 e. The molecule has 2 aromatic rings. The van der Waals surface area contributed by atoms with Crippen molar-refractivity contribution >= 4 is 17.7 Å². The number of para-hydroxylation sites is 1. The molecule has 2 N–H and O–H groups in total. The number of urea groups is 1. The molecule has 7 nitrogen and oxygen atoms in total. The number of anilines is 1. The Bertz CT molecular complexity index is 861. The van der Waals surface area contributed by atoms with E-state index >= 15 is 0 Å². The minimum atomic E-state index is -4.70. The highest BCUT2D eigenvalue weighted by Gasteiger charge is 2.53. The average molecular weight is 395 g/mol. The normalized spacial score (nSPS) is 19.3. The number of pyridine rings is 1. The highest BCUT2D eigenvalue weighted by molar-refractivity contribution is 5.90. The molecule has 0 aliphatic carbocycles. The quantitative estimate of drug-likeness (QED) is 0.825. The number of carboxylic acid groups (broad SMARTS) is 1. The van der Waals surface area contributed by atoms with E-state index in [0.717, 1.165) is 4.90 Å². The number of carbonyl (C=O) groups excluding carboxylic acids is 1. The second-order valence-electron chi connectivity index (χ2n) is 6.23. The van der Waals surface area contributed by atoms with Gasteiger partial charge in [-0.2, -0.15) is 13.2 Å². The first-order valence-corrected chi connectivity index (χ1v) is 8.28. The molecular weight excluding hydrogens is 379 g/mol. The van der Waals surface area contributed by atoms with Gasteiger partial charge in [-0.05, 0) is 18.2 Å². The van der Waals surface area contributed by atoms with E-state index in [0.29, 0.717) is 5.75 Å². The molecule has 148 valence electrons. The fourth-order valence-corrected chi connectivity index (χ4v) is 2.91. The first kappa shape index (κ1) is 19.5. The summed E-state index contributed by atoms with van der Waals surface area (Å²) in [5.41, 5.74) is 0.258. The Hall–Kier alpha value is -3.30. The van der Waals surface area contributed by atoms with Crippen molar-refractivity contribution in [3.05, 3.63) is 48.7 Å². The van der Waals surface area contributed by atoms with E-state index in [1.807, 2.05) is 6.07 Å². The van der Waals surface area contributed by atoms with Gasteiger partial charge in [0, 0.05) is 31.0 Å². The lowest BCUT2D eigenvalue weighted by atomic mass is 9.96. The summed E-state index contributed by atoms with van der Waals surface area (Å²) in [6.07, 6.45) is -3.33. The van der Waals surface area contributed by atoms with Crippen LogP contribution in [0.2, 0.25) is 0 Å². The maximum atomic E-state index is 13.0. The number of carboxylic acids is 1. The molecule has 0 saturated carbocycles. The number of carbonyl (C=O) groups is 2. The van der Waals surface area contributed by atoms with Crippen LogP contribution in [0, 0.1) is 11.8 Å². The van der Waals surface area contributed by atoms with Crippen LogP contribution in [-0.4, -0.2) is 46.3 Å². The number of nitrogens with zero attached hydrogens (tertiary/aromatic N) is 2. The van der Waals surface area contributed by atoms with Gasteiger partial charge in [0.25, 0.3) is 0 Å². The van der Waals surface area contributed by atoms with Gasteiger partial charge >= 0.3 is 18.2 Å². The van der Waals surface area contributed by atoms with Crippen LogP contribution >= 0.6 is 0 Å². The van der Waals surface area contributed by atoms with Crippen molar-refractivity contribution in [1.29, 1.82) is 0 Å². The second kappa shape index (κ2) is 7.75. The van der Waals surface area contributed by atoms with Crippen LogP contribution in [0.15, 0.2) is 48.7 Å². The van der Waals surface area contributed by atoms with Crippen LogP contribution in [0.3, 0.4) is 0 Å². The highest BCUT2D eigenvalue weighted by Crippen LogP contribution is 2.38. The Labute approximate surface area is 157 Å². The highest BCUT2D eigenvalue weighted by atomic mass is 19.4. The van der Waals surface area contributed by atoms with Gasteiger partial charge in [-0.3, -0.25) is 4.79 Å². The molecule has 0 radical (unpaired) electrons. The summed E-state index contributed by atoms with van der Waals surface area (Å²) < 4.78 is 44.7. The zero-order valence-corrected chi connectivity index (χ0v) is 14.4. The Morgan fingerprint density at radius 2 is 1.89 bits per heavy atom. The molecule has 1 fully saturated rings. The number of alkyl halides is 3. The lowest BCUT2D eigenvalue weighted by Gasteiger charge is -2.18. The topological polar surface area (TPSA) is 91.8 Å². The number of hydrogen-bond donors (Lipinski definition) is 2. The summed E-state index contributed by atoms with van der Waals surface area (Å²) in [6.45, 7) is -1.24. The number of halogens is 3. The molecule has 3 rings (SSSR count). The Morgan fingerprint density at radius 1 is 1.18 bits per heavy atom. The number of benzene rings is 1. The van der Waals surface area contributed by atoms with Crippen molar-refractivity contribution < 1.29 is 32.6 Å². The SMILES string of the molecule is O=C(O)[C@@H]1CN(C(=O)Nc2ccnc(Oc3ccccc3)c2)C[C@H]1C(F)(F)F. The van der Waals surface area contributed by atoms with E-state index in [4.69, 9.17) is 9.84 Å². The third kappa shape index (κ3) is 4.51. The molecular formula is C18H16F3N3O4. The Morgan fingerprint density at radius 3 is 2.50 bits per heavy atom. The van der Waals surface area contributed by atoms with Crippen LogP contribution in [0.25, 0.3) is 0 Å². The van der Waals surface area contributed by atoms with Gasteiger partial charge in [0.2, 0.25) is 5.88 Å². The largest absolute Gasteiger partial charge is 0.481 e. The molecule has 0 bridgehead atoms. The van der Waals surface area contributed by atoms with Crippen molar-refractivity contribution in [1.82, 2.24) is 9.88 Å². The predicted octanol–water partition coefficient (Wildman–Crippen LogP) is 3.60. The summed E-state index contributed by atoms with van der Waals surface area (Å²) in [4.78, 5) is 28.3. The van der Waals surface area contributed by atoms with E-state index in [2.05, 4.69) is 10.3 Å². The van der Waals surface area contributed by atoms with Crippen LogP contribution in [-0.2, 0) is 4.79 Å². The maximum absolute atomic E-state index is 13.0. The molecule has 1 aromatic carbocycles. The lowest BCUT2D eigenvalue weighted by molar-refractivity contribution is -0.187. The fraction of sp³-hybridized carbons (Fsp3) is 0.278. The fourth-order valence-electron chi connectivity index (χ4n) is 2.91. The van der Waals surface area contributed by atoms with Gasteiger partial charge in [-0.1, -0.05) is 18.2 Å². The third-order valence-corrected chi connectivity index (χ3v) is 4.30. The summed E-state index contributed by atoms with van der Waals surface area (Å²) in [6, 6.07) is 10.8. The molecule has 1 saturated heterocycles. The minimum absolute atomic E-state index is 0.182. The summed E-state index contributed by atoms with van der Waals surface area (Å²) >= 11 is 0. The van der Waals surface area contributed by atoms with Crippen molar-refractivity contribution in [2.45, 2.75) is 6.18 Å². The Kier molecular flexibility index (Phi) is 5.39. The smallest absolute Gasteiger partial charge is 0.394 e. The zero-order chi connectivity index (χ0) is 20.3. The number of rotatable bonds is 4. The molecule has 10 heteroatoms. The van der Waals surface area contributed by atoms with Crippen molar-refractivity contribution in [3.63, 3.8) is 0 Å². The molecule has 28 heavy (non-hydrogen) atoms. The van der Waals surface area contributed by atoms with Gasteiger partial charge in [0.05, 0.1) is 11.8 Å². The van der Waals surface area contributed by atoms with Gasteiger partial charge in [0.1, 0.15) is 5.75 Å². The van der Waals surface area contributed by atoms with E-state index in [9.17, 15) is 22.8 Å². The van der Waals surface area contributed by atoms with Crippen LogP contribution < -0.4 is 10.1 Å². The van der Waals surface area contributed by atoms with Crippen molar-refractivity contribution in [3.8, 4) is 11.6 Å². The number of nitrogens with one attached hydrogen (secondary N) is 1. The van der Waals surface area contributed by atoms with E-state index in [1.54, 1.807) is 24.3 Å². The van der Waals surface area contributed by atoms with E-state index in [-0.39, 0.29) is 11.6 Å². The number of aliphatic carboxylic acids is 1. The number of aromatic nitrogens is 1. The van der Waals surface area contributed by atoms with Crippen molar-refractivity contribution in [2.24, 2.45) is 11.8 Å². The van der Waals surface area contributed by atoms with Crippen molar-refractivity contribution in [2.75, 3.05) is 18.4 Å². The van der Waals surface area contributed by atoms with Gasteiger partial charge < -0.3 is 20.1 Å². The van der Waals surface area contributed by atoms with Gasteiger partial charge in [-0.15, -0.1) is 0 Å². The number of amides is 2. The maximum Gasteiger partial charge on any atom is 0.394 e. The number of ether oxygens (including phenoxy) is 1. The summed E-state index contributed by atoms with van der Waals surface area (Å²) in [7, 11) is 0.